The summed E-state index contributed by atoms with van der Waals surface area (Å²) in [7, 11) is 0. The summed E-state index contributed by atoms with van der Waals surface area (Å²) in [6.07, 6.45) is 5.98. The molecule has 0 radical (unpaired) electrons. The molecule has 0 aromatic carbocycles. The van der Waals surface area contributed by atoms with Gasteiger partial charge in [0.2, 0.25) is 0 Å². The van der Waals surface area contributed by atoms with Crippen molar-refractivity contribution in [1.29, 1.82) is 0 Å². The van der Waals surface area contributed by atoms with Crippen molar-refractivity contribution in [2.24, 2.45) is 5.73 Å². The fourth-order valence-corrected chi connectivity index (χ4v) is 2.29. The van der Waals surface area contributed by atoms with E-state index in [1.807, 2.05) is 0 Å². The molecule has 1 heterocycles. The predicted octanol–water partition coefficient (Wildman–Crippen LogP) is 1.17. The van der Waals surface area contributed by atoms with Crippen LogP contribution in [0.5, 0.6) is 0 Å². The number of esters is 1. The zero-order chi connectivity index (χ0) is 12.3. The Balaban J connectivity index is 2.16. The fraction of sp³-hybridized carbons (Fsp3) is 0.667. The van der Waals surface area contributed by atoms with E-state index >= 15 is 0 Å². The highest BCUT2D eigenvalue weighted by molar-refractivity contribution is 5.69. The van der Waals surface area contributed by atoms with E-state index in [2.05, 4.69) is 5.10 Å². The Hall–Kier alpha value is -1.36. The molecule has 0 spiro atoms. The number of nitrogens with two attached hydrogens (primary N) is 1. The van der Waals surface area contributed by atoms with Gasteiger partial charge in [-0.15, -0.1) is 0 Å². The molecule has 1 aromatic heterocycles. The zero-order valence-electron chi connectivity index (χ0n) is 10.2. The maximum absolute atomic E-state index is 11.4. The highest BCUT2D eigenvalue weighted by Crippen LogP contribution is 2.26. The summed E-state index contributed by atoms with van der Waals surface area (Å²) in [5, 5.41) is 4.25. The second-order valence-corrected chi connectivity index (χ2v) is 4.36. The van der Waals surface area contributed by atoms with E-state index in [1.165, 1.54) is 0 Å². The van der Waals surface area contributed by atoms with Crippen LogP contribution in [0.3, 0.4) is 0 Å². The Bertz CT molecular complexity index is 400. The van der Waals surface area contributed by atoms with Crippen molar-refractivity contribution in [3.63, 3.8) is 0 Å². The van der Waals surface area contributed by atoms with Gasteiger partial charge in [0.1, 0.15) is 6.54 Å². The van der Waals surface area contributed by atoms with E-state index in [1.54, 1.807) is 17.8 Å². The maximum atomic E-state index is 11.4. The molecule has 17 heavy (non-hydrogen) atoms. The van der Waals surface area contributed by atoms with Crippen molar-refractivity contribution in [3.05, 3.63) is 17.5 Å². The van der Waals surface area contributed by atoms with Crippen molar-refractivity contribution < 1.29 is 9.53 Å². The van der Waals surface area contributed by atoms with Gasteiger partial charge in [-0.05, 0) is 26.2 Å². The first-order valence-electron chi connectivity index (χ1n) is 6.18. The summed E-state index contributed by atoms with van der Waals surface area (Å²) in [6.45, 7) is 2.40. The largest absolute Gasteiger partial charge is 0.465 e. The number of ether oxygens (including phenoxy) is 1. The average molecular weight is 237 g/mol. The Morgan fingerprint density at radius 2 is 2.47 bits per heavy atom. The van der Waals surface area contributed by atoms with Crippen molar-refractivity contribution in [1.82, 2.24) is 9.78 Å². The average Bonchev–Trinajstić information content (AvgIpc) is 2.58. The summed E-state index contributed by atoms with van der Waals surface area (Å²) in [4.78, 5) is 11.4. The van der Waals surface area contributed by atoms with Crippen LogP contribution >= 0.6 is 0 Å². The molecule has 1 aliphatic rings. The second kappa shape index (κ2) is 5.31. The second-order valence-electron chi connectivity index (χ2n) is 4.36. The van der Waals surface area contributed by atoms with Crippen LogP contribution in [-0.4, -0.2) is 22.4 Å². The zero-order valence-corrected chi connectivity index (χ0v) is 10.2. The van der Waals surface area contributed by atoms with Crippen molar-refractivity contribution in [2.75, 3.05) is 6.61 Å². The van der Waals surface area contributed by atoms with Crippen molar-refractivity contribution >= 4 is 5.97 Å². The molecule has 1 aliphatic carbocycles. The molecule has 0 amide bonds. The third kappa shape index (κ3) is 2.66. The molecule has 94 valence electrons. The first-order chi connectivity index (χ1) is 8.22. The van der Waals surface area contributed by atoms with Crippen molar-refractivity contribution in [3.8, 4) is 0 Å². The number of carbonyl (C=O) groups is 1. The number of nitrogens with zero attached hydrogens (tertiary/aromatic N) is 2. The Morgan fingerprint density at radius 3 is 3.24 bits per heavy atom. The Labute approximate surface area is 101 Å². The summed E-state index contributed by atoms with van der Waals surface area (Å²) in [6, 6.07) is 0.0587. The van der Waals surface area contributed by atoms with Gasteiger partial charge in [0.05, 0.1) is 12.8 Å². The van der Waals surface area contributed by atoms with E-state index in [9.17, 15) is 4.79 Å². The van der Waals surface area contributed by atoms with Crippen LogP contribution in [0.2, 0.25) is 0 Å². The first-order valence-corrected chi connectivity index (χ1v) is 6.18. The summed E-state index contributed by atoms with van der Waals surface area (Å²) in [5.74, 6) is -0.240. The third-order valence-corrected chi connectivity index (χ3v) is 3.14. The third-order valence-electron chi connectivity index (χ3n) is 3.14. The van der Waals surface area contributed by atoms with E-state index in [4.69, 9.17) is 10.5 Å². The van der Waals surface area contributed by atoms with Gasteiger partial charge in [0.15, 0.2) is 0 Å². The molecular weight excluding hydrogens is 218 g/mol. The lowest BCUT2D eigenvalue weighted by Gasteiger charge is -2.09. The van der Waals surface area contributed by atoms with Crippen LogP contribution in [-0.2, 0) is 22.5 Å². The number of hydrogen-bond donors (Lipinski definition) is 1. The number of rotatable bonds is 3. The molecule has 2 rings (SSSR count). The van der Waals surface area contributed by atoms with Gasteiger partial charge in [-0.1, -0.05) is 6.42 Å². The van der Waals surface area contributed by atoms with Crippen molar-refractivity contribution in [2.45, 2.75) is 45.2 Å². The Morgan fingerprint density at radius 1 is 1.65 bits per heavy atom. The summed E-state index contributed by atoms with van der Waals surface area (Å²) in [5.41, 5.74) is 8.27. The SMILES string of the molecule is CCOC(=O)Cn1ncc2c1CCCCC2N. The topological polar surface area (TPSA) is 70.1 Å². The van der Waals surface area contributed by atoms with Gasteiger partial charge in [-0.3, -0.25) is 9.48 Å². The van der Waals surface area contributed by atoms with Crippen LogP contribution in [0, 0.1) is 0 Å². The van der Waals surface area contributed by atoms with Crippen LogP contribution in [0.15, 0.2) is 6.20 Å². The number of fused-ring (bicyclic) bond motifs is 1. The lowest BCUT2D eigenvalue weighted by Crippen LogP contribution is -2.17. The molecule has 1 unspecified atom stereocenters. The highest BCUT2D eigenvalue weighted by atomic mass is 16.5. The minimum Gasteiger partial charge on any atom is -0.465 e. The Kier molecular flexibility index (Phi) is 3.78. The van der Waals surface area contributed by atoms with Gasteiger partial charge in [-0.25, -0.2) is 0 Å². The monoisotopic (exact) mass is 237 g/mol. The molecule has 1 atom stereocenters. The lowest BCUT2D eigenvalue weighted by atomic mass is 10.1. The fourth-order valence-electron chi connectivity index (χ4n) is 2.29. The van der Waals surface area contributed by atoms with E-state index in [-0.39, 0.29) is 18.6 Å². The van der Waals surface area contributed by atoms with Gasteiger partial charge in [-0.2, -0.15) is 5.10 Å². The van der Waals surface area contributed by atoms with Crippen LogP contribution in [0.4, 0.5) is 0 Å². The number of carbonyl (C=O) groups excluding carboxylic acids is 1. The molecule has 5 heteroatoms. The molecule has 0 saturated carbocycles. The van der Waals surface area contributed by atoms with Gasteiger partial charge >= 0.3 is 5.97 Å². The molecule has 0 aliphatic heterocycles. The van der Waals surface area contributed by atoms with E-state index in [0.717, 1.165) is 36.9 Å². The number of hydrogen-bond acceptors (Lipinski definition) is 4. The van der Waals surface area contributed by atoms with Crippen LogP contribution < -0.4 is 5.73 Å². The first kappa shape index (κ1) is 12.1. The van der Waals surface area contributed by atoms with E-state index in [0.29, 0.717) is 6.61 Å². The van der Waals surface area contributed by atoms with Crippen LogP contribution in [0.1, 0.15) is 43.5 Å². The van der Waals surface area contributed by atoms with Crippen LogP contribution in [0.25, 0.3) is 0 Å². The molecule has 1 aromatic rings. The molecule has 2 N–H and O–H groups in total. The molecular formula is C12H19N3O2. The summed E-state index contributed by atoms with van der Waals surface area (Å²) >= 11 is 0. The van der Waals surface area contributed by atoms with Gasteiger partial charge in [0.25, 0.3) is 0 Å². The number of aromatic nitrogens is 2. The quantitative estimate of drug-likeness (QED) is 0.633. The standard InChI is InChI=1S/C12H19N3O2/c1-2-17-12(16)8-15-11-6-4-3-5-10(13)9(11)7-14-15/h7,10H,2-6,8,13H2,1H3. The predicted molar refractivity (Wildman–Crippen MR) is 63.3 cm³/mol. The van der Waals surface area contributed by atoms with Gasteiger partial charge < -0.3 is 10.5 Å². The normalized spacial score (nSPS) is 19.5. The minimum absolute atomic E-state index is 0.0587. The maximum Gasteiger partial charge on any atom is 0.327 e. The smallest absolute Gasteiger partial charge is 0.327 e. The lowest BCUT2D eigenvalue weighted by molar-refractivity contribution is -0.144. The molecule has 0 saturated heterocycles. The highest BCUT2D eigenvalue weighted by Gasteiger charge is 2.20. The molecule has 0 fully saturated rings. The molecule has 5 nitrogen and oxygen atoms in total. The summed E-state index contributed by atoms with van der Waals surface area (Å²) < 4.78 is 6.67. The van der Waals surface area contributed by atoms with E-state index < -0.39 is 0 Å². The molecule has 0 bridgehead atoms. The minimum atomic E-state index is -0.240. The van der Waals surface area contributed by atoms with Gasteiger partial charge in [0, 0.05) is 17.3 Å².